The largest absolute Gasteiger partial charge is 0.493 e. The first-order valence-electron chi connectivity index (χ1n) is 6.00. The molecule has 1 aliphatic rings. The van der Waals surface area contributed by atoms with Gasteiger partial charge >= 0.3 is 0 Å². The van der Waals surface area contributed by atoms with E-state index in [1.165, 1.54) is 0 Å². The number of piperazine rings is 1. The van der Waals surface area contributed by atoms with Crippen molar-refractivity contribution in [2.75, 3.05) is 45.2 Å². The number of likely N-dealkylation sites (N-methyl/N-ethyl adjacent to an activating group) is 1. The van der Waals surface area contributed by atoms with E-state index in [2.05, 4.69) is 38.8 Å². The lowest BCUT2D eigenvalue weighted by atomic mass is 10.1. The predicted molar refractivity (Wildman–Crippen MR) is 80.2 cm³/mol. The van der Waals surface area contributed by atoms with Crippen molar-refractivity contribution in [2.24, 2.45) is 0 Å². The van der Waals surface area contributed by atoms with Crippen molar-refractivity contribution >= 4 is 33.2 Å². The Kier molecular flexibility index (Phi) is 4.41. The summed E-state index contributed by atoms with van der Waals surface area (Å²) in [5.41, 5.74) is 2.10. The van der Waals surface area contributed by atoms with Gasteiger partial charge in [-0.05, 0) is 25.6 Å². The van der Waals surface area contributed by atoms with Crippen LogP contribution < -0.4 is 9.64 Å². The lowest BCUT2D eigenvalue weighted by Crippen LogP contribution is -2.44. The molecule has 1 aliphatic heterocycles. The highest BCUT2D eigenvalue weighted by Crippen LogP contribution is 2.41. The molecule has 1 heterocycles. The summed E-state index contributed by atoms with van der Waals surface area (Å²) in [6.45, 7) is 6.11. The summed E-state index contributed by atoms with van der Waals surface area (Å²) in [4.78, 5) is 4.66. The molecule has 1 aromatic carbocycles. The number of halogens is 2. The van der Waals surface area contributed by atoms with Crippen LogP contribution in [-0.4, -0.2) is 45.2 Å². The molecule has 0 aromatic heterocycles. The summed E-state index contributed by atoms with van der Waals surface area (Å²) in [6.07, 6.45) is 0. The maximum Gasteiger partial charge on any atom is 0.161 e. The number of nitrogens with zero attached hydrogens (tertiary/aromatic N) is 2. The summed E-state index contributed by atoms with van der Waals surface area (Å²) in [5.74, 6) is 0.780. The molecule has 5 heteroatoms. The molecule has 2 rings (SSSR count). The zero-order valence-electron chi connectivity index (χ0n) is 11.0. The van der Waals surface area contributed by atoms with Crippen molar-refractivity contribution in [2.45, 2.75) is 6.92 Å². The number of anilines is 1. The van der Waals surface area contributed by atoms with E-state index in [4.69, 9.17) is 16.3 Å². The van der Waals surface area contributed by atoms with E-state index in [0.29, 0.717) is 5.02 Å². The third kappa shape index (κ3) is 2.60. The first kappa shape index (κ1) is 14.0. The molecule has 0 bridgehead atoms. The second-order valence-corrected chi connectivity index (χ2v) is 5.87. The van der Waals surface area contributed by atoms with Crippen molar-refractivity contribution in [3.8, 4) is 5.75 Å². The number of ether oxygens (including phenoxy) is 1. The van der Waals surface area contributed by atoms with Crippen LogP contribution in [0.15, 0.2) is 10.5 Å². The first-order valence-corrected chi connectivity index (χ1v) is 7.17. The zero-order chi connectivity index (χ0) is 13.3. The maximum atomic E-state index is 6.36. The van der Waals surface area contributed by atoms with Crippen LogP contribution in [0.3, 0.4) is 0 Å². The molecule has 0 saturated carbocycles. The van der Waals surface area contributed by atoms with Gasteiger partial charge in [-0.15, -0.1) is 0 Å². The molecule has 0 aliphatic carbocycles. The SMILES string of the molecule is COc1c(N2CCN(C)CC2)cc(Br)c(C)c1Cl. The second-order valence-electron chi connectivity index (χ2n) is 4.64. The lowest BCUT2D eigenvalue weighted by molar-refractivity contribution is 0.311. The van der Waals surface area contributed by atoms with Crippen molar-refractivity contribution in [1.82, 2.24) is 4.90 Å². The highest BCUT2D eigenvalue weighted by atomic mass is 79.9. The van der Waals surface area contributed by atoms with Crippen LogP contribution in [0.1, 0.15) is 5.56 Å². The Labute approximate surface area is 122 Å². The van der Waals surface area contributed by atoms with Crippen LogP contribution >= 0.6 is 27.5 Å². The molecule has 100 valence electrons. The first-order chi connectivity index (χ1) is 8.54. The quantitative estimate of drug-likeness (QED) is 0.827. The smallest absolute Gasteiger partial charge is 0.161 e. The average Bonchev–Trinajstić information content (AvgIpc) is 2.37. The van der Waals surface area contributed by atoms with E-state index in [9.17, 15) is 0 Å². The monoisotopic (exact) mass is 332 g/mol. The molecule has 1 aromatic rings. The number of benzene rings is 1. The van der Waals surface area contributed by atoms with Gasteiger partial charge in [0.1, 0.15) is 0 Å². The van der Waals surface area contributed by atoms with Gasteiger partial charge in [0.25, 0.3) is 0 Å². The highest BCUT2D eigenvalue weighted by Gasteiger charge is 2.21. The normalized spacial score (nSPS) is 17.1. The van der Waals surface area contributed by atoms with E-state index in [-0.39, 0.29) is 0 Å². The average molecular weight is 334 g/mol. The van der Waals surface area contributed by atoms with Crippen LogP contribution in [0.5, 0.6) is 5.75 Å². The molecule has 0 amide bonds. The Morgan fingerprint density at radius 1 is 1.28 bits per heavy atom. The standard InChI is InChI=1S/C13H18BrClN2O/c1-9-10(14)8-11(13(18-3)12(9)15)17-6-4-16(2)5-7-17/h8H,4-7H2,1-3H3. The van der Waals surface area contributed by atoms with Gasteiger partial charge in [0.15, 0.2) is 5.75 Å². The topological polar surface area (TPSA) is 15.7 Å². The van der Waals surface area contributed by atoms with Gasteiger partial charge in [0.05, 0.1) is 17.8 Å². The third-order valence-electron chi connectivity index (χ3n) is 3.43. The van der Waals surface area contributed by atoms with Gasteiger partial charge in [0.2, 0.25) is 0 Å². The second kappa shape index (κ2) is 5.68. The Morgan fingerprint density at radius 3 is 2.44 bits per heavy atom. The molecule has 1 fully saturated rings. The van der Waals surface area contributed by atoms with E-state index >= 15 is 0 Å². The fourth-order valence-corrected chi connectivity index (χ4v) is 2.96. The van der Waals surface area contributed by atoms with Gasteiger partial charge in [-0.1, -0.05) is 27.5 Å². The molecular formula is C13H18BrClN2O. The van der Waals surface area contributed by atoms with Crippen LogP contribution in [0.2, 0.25) is 5.02 Å². The van der Waals surface area contributed by atoms with Crippen molar-refractivity contribution < 1.29 is 4.74 Å². The Morgan fingerprint density at radius 2 is 1.89 bits per heavy atom. The molecule has 0 spiro atoms. The van der Waals surface area contributed by atoms with Crippen LogP contribution in [0.25, 0.3) is 0 Å². The fourth-order valence-electron chi connectivity index (χ4n) is 2.16. The van der Waals surface area contributed by atoms with E-state index < -0.39 is 0 Å². The molecule has 0 N–H and O–H groups in total. The molecular weight excluding hydrogens is 316 g/mol. The molecule has 3 nitrogen and oxygen atoms in total. The number of methoxy groups -OCH3 is 1. The molecule has 1 saturated heterocycles. The van der Waals surface area contributed by atoms with E-state index in [1.54, 1.807) is 7.11 Å². The molecule has 0 unspecified atom stereocenters. The minimum atomic E-state index is 0.695. The molecule has 18 heavy (non-hydrogen) atoms. The Bertz CT molecular complexity index is 445. The number of rotatable bonds is 2. The van der Waals surface area contributed by atoms with Gasteiger partial charge in [-0.2, -0.15) is 0 Å². The van der Waals surface area contributed by atoms with Crippen molar-refractivity contribution in [3.63, 3.8) is 0 Å². The van der Waals surface area contributed by atoms with Crippen LogP contribution in [0, 0.1) is 6.92 Å². The zero-order valence-corrected chi connectivity index (χ0v) is 13.3. The third-order valence-corrected chi connectivity index (χ3v) is 4.71. The molecule has 0 radical (unpaired) electrons. The Balaban J connectivity index is 2.38. The van der Waals surface area contributed by atoms with E-state index in [1.807, 2.05) is 6.92 Å². The maximum absolute atomic E-state index is 6.36. The minimum Gasteiger partial charge on any atom is -0.493 e. The van der Waals surface area contributed by atoms with Crippen LogP contribution in [0.4, 0.5) is 5.69 Å². The highest BCUT2D eigenvalue weighted by molar-refractivity contribution is 9.10. The van der Waals surface area contributed by atoms with Crippen LogP contribution in [-0.2, 0) is 0 Å². The van der Waals surface area contributed by atoms with Gasteiger partial charge < -0.3 is 14.5 Å². The fraction of sp³-hybridized carbons (Fsp3) is 0.538. The number of hydrogen-bond acceptors (Lipinski definition) is 3. The van der Waals surface area contributed by atoms with Gasteiger partial charge in [0, 0.05) is 30.7 Å². The molecule has 0 atom stereocenters. The summed E-state index contributed by atoms with van der Waals surface area (Å²) in [7, 11) is 3.82. The number of hydrogen-bond donors (Lipinski definition) is 0. The summed E-state index contributed by atoms with van der Waals surface area (Å²) >= 11 is 9.92. The van der Waals surface area contributed by atoms with Crippen molar-refractivity contribution in [1.29, 1.82) is 0 Å². The predicted octanol–water partition coefficient (Wildman–Crippen LogP) is 3.17. The summed E-state index contributed by atoms with van der Waals surface area (Å²) in [5, 5.41) is 0.695. The van der Waals surface area contributed by atoms with Gasteiger partial charge in [-0.3, -0.25) is 0 Å². The van der Waals surface area contributed by atoms with E-state index in [0.717, 1.165) is 47.7 Å². The lowest BCUT2D eigenvalue weighted by Gasteiger charge is -2.35. The summed E-state index contributed by atoms with van der Waals surface area (Å²) in [6, 6.07) is 2.10. The summed E-state index contributed by atoms with van der Waals surface area (Å²) < 4.78 is 6.51. The minimum absolute atomic E-state index is 0.695. The Hall–Kier alpha value is -0.450. The van der Waals surface area contributed by atoms with Crippen molar-refractivity contribution in [3.05, 3.63) is 21.1 Å². The van der Waals surface area contributed by atoms with Gasteiger partial charge in [-0.25, -0.2) is 0 Å².